The first-order valence-corrected chi connectivity index (χ1v) is 9.21. The summed E-state index contributed by atoms with van der Waals surface area (Å²) in [4.78, 5) is 31.1. The summed E-state index contributed by atoms with van der Waals surface area (Å²) in [6.45, 7) is 4.03. The summed E-state index contributed by atoms with van der Waals surface area (Å²) in [5.41, 5.74) is 3.04. The Hall–Kier alpha value is -2.94. The Balaban J connectivity index is 2.31. The molecule has 1 heterocycles. The third-order valence-electron chi connectivity index (χ3n) is 4.43. The van der Waals surface area contributed by atoms with E-state index in [1.807, 2.05) is 37.3 Å². The third kappa shape index (κ3) is 4.82. The molecule has 6 heteroatoms. The molecule has 0 aliphatic rings. The van der Waals surface area contributed by atoms with Gasteiger partial charge in [-0.3, -0.25) is 9.78 Å². The fourth-order valence-corrected chi connectivity index (χ4v) is 3.01. The molecular weight excluding hydrogens is 342 g/mol. The zero-order valence-electron chi connectivity index (χ0n) is 16.1. The standard InChI is InChI=1S/C21H25N3O3/c1-4-9-17-15(5-2)20(16-10-6-7-11-18(16)23-17)21(26)27-14-19(25)24(3)13-8-12-22/h6-7,10-11H,4-5,8-9,13-14H2,1-3H3. The molecular formula is C21H25N3O3. The first-order valence-electron chi connectivity index (χ1n) is 9.21. The molecule has 0 fully saturated rings. The average molecular weight is 367 g/mol. The number of fused-ring (bicyclic) bond motifs is 1. The van der Waals surface area contributed by atoms with Crippen molar-refractivity contribution in [3.8, 4) is 6.07 Å². The number of para-hydroxylation sites is 1. The van der Waals surface area contributed by atoms with E-state index >= 15 is 0 Å². The lowest BCUT2D eigenvalue weighted by Gasteiger charge is -2.17. The first kappa shape index (κ1) is 20.4. The van der Waals surface area contributed by atoms with E-state index in [9.17, 15) is 9.59 Å². The van der Waals surface area contributed by atoms with Crippen molar-refractivity contribution in [2.24, 2.45) is 0 Å². The lowest BCUT2D eigenvalue weighted by molar-refractivity contribution is -0.133. The van der Waals surface area contributed by atoms with Crippen LogP contribution in [0.5, 0.6) is 0 Å². The molecule has 0 radical (unpaired) electrons. The molecule has 1 aromatic carbocycles. The second kappa shape index (κ2) is 9.67. The van der Waals surface area contributed by atoms with Crippen LogP contribution in [0.1, 0.15) is 48.3 Å². The molecule has 0 aliphatic heterocycles. The number of aromatic nitrogens is 1. The molecule has 0 spiro atoms. The number of aryl methyl sites for hydroxylation is 1. The maximum absolute atomic E-state index is 12.9. The molecule has 27 heavy (non-hydrogen) atoms. The van der Waals surface area contributed by atoms with E-state index in [-0.39, 0.29) is 18.9 Å². The molecule has 0 bridgehead atoms. The van der Waals surface area contributed by atoms with Gasteiger partial charge >= 0.3 is 5.97 Å². The van der Waals surface area contributed by atoms with E-state index in [0.717, 1.165) is 35.0 Å². The number of amides is 1. The van der Waals surface area contributed by atoms with Crippen molar-refractivity contribution in [2.75, 3.05) is 20.2 Å². The summed E-state index contributed by atoms with van der Waals surface area (Å²) in [5.74, 6) is -0.839. The number of carbonyl (C=O) groups is 2. The van der Waals surface area contributed by atoms with Gasteiger partial charge in [0, 0.05) is 24.7 Å². The summed E-state index contributed by atoms with van der Waals surface area (Å²) in [5, 5.41) is 9.35. The van der Waals surface area contributed by atoms with Crippen molar-refractivity contribution >= 4 is 22.8 Å². The van der Waals surface area contributed by atoms with Crippen molar-refractivity contribution < 1.29 is 14.3 Å². The van der Waals surface area contributed by atoms with Crippen LogP contribution >= 0.6 is 0 Å². The Bertz CT molecular complexity index is 871. The van der Waals surface area contributed by atoms with Gasteiger partial charge in [0.05, 0.1) is 23.6 Å². The molecule has 6 nitrogen and oxygen atoms in total. The third-order valence-corrected chi connectivity index (χ3v) is 4.43. The van der Waals surface area contributed by atoms with Crippen LogP contribution in [0.25, 0.3) is 10.9 Å². The van der Waals surface area contributed by atoms with Crippen LogP contribution in [0, 0.1) is 11.3 Å². The predicted molar refractivity (Wildman–Crippen MR) is 103 cm³/mol. The van der Waals surface area contributed by atoms with Gasteiger partial charge in [-0.25, -0.2) is 4.79 Å². The molecule has 0 saturated carbocycles. The predicted octanol–water partition coefficient (Wildman–Crippen LogP) is 3.28. The maximum atomic E-state index is 12.9. The Morgan fingerprint density at radius 3 is 2.67 bits per heavy atom. The van der Waals surface area contributed by atoms with Crippen molar-refractivity contribution in [1.82, 2.24) is 9.88 Å². The van der Waals surface area contributed by atoms with Gasteiger partial charge in [-0.05, 0) is 24.5 Å². The number of nitrogens with zero attached hydrogens (tertiary/aromatic N) is 3. The second-order valence-electron chi connectivity index (χ2n) is 6.33. The zero-order chi connectivity index (χ0) is 19.8. The fourth-order valence-electron chi connectivity index (χ4n) is 3.01. The molecule has 1 aromatic heterocycles. The average Bonchev–Trinajstić information content (AvgIpc) is 2.68. The van der Waals surface area contributed by atoms with Gasteiger partial charge in [0.1, 0.15) is 0 Å². The highest BCUT2D eigenvalue weighted by atomic mass is 16.5. The van der Waals surface area contributed by atoms with Gasteiger partial charge in [-0.1, -0.05) is 38.5 Å². The Labute approximate surface area is 159 Å². The zero-order valence-corrected chi connectivity index (χ0v) is 16.1. The van der Waals surface area contributed by atoms with E-state index < -0.39 is 5.97 Å². The van der Waals surface area contributed by atoms with Crippen molar-refractivity contribution in [2.45, 2.75) is 39.5 Å². The smallest absolute Gasteiger partial charge is 0.339 e. The maximum Gasteiger partial charge on any atom is 0.339 e. The van der Waals surface area contributed by atoms with Crippen LogP contribution in [0.3, 0.4) is 0 Å². The van der Waals surface area contributed by atoms with Gasteiger partial charge in [0.25, 0.3) is 5.91 Å². The number of likely N-dealkylation sites (N-methyl/N-ethyl adjacent to an activating group) is 1. The highest BCUT2D eigenvalue weighted by Gasteiger charge is 2.21. The van der Waals surface area contributed by atoms with Crippen LogP contribution in [-0.4, -0.2) is 42.0 Å². The minimum atomic E-state index is -0.509. The van der Waals surface area contributed by atoms with E-state index in [1.54, 1.807) is 7.05 Å². The molecule has 0 N–H and O–H groups in total. The number of ether oxygens (including phenoxy) is 1. The number of carbonyl (C=O) groups excluding carboxylic acids is 2. The minimum Gasteiger partial charge on any atom is -0.452 e. The number of esters is 1. The Morgan fingerprint density at radius 2 is 2.00 bits per heavy atom. The highest BCUT2D eigenvalue weighted by molar-refractivity contribution is 6.05. The Morgan fingerprint density at radius 1 is 1.26 bits per heavy atom. The van der Waals surface area contributed by atoms with E-state index in [2.05, 4.69) is 6.92 Å². The van der Waals surface area contributed by atoms with Crippen LogP contribution in [-0.2, 0) is 22.4 Å². The fraction of sp³-hybridized carbons (Fsp3) is 0.429. The molecule has 0 unspecified atom stereocenters. The number of pyridine rings is 1. The molecule has 0 atom stereocenters. The van der Waals surface area contributed by atoms with Crippen LogP contribution < -0.4 is 0 Å². The number of nitriles is 1. The van der Waals surface area contributed by atoms with Gasteiger partial charge in [0.2, 0.25) is 0 Å². The molecule has 0 saturated heterocycles. The molecule has 2 aromatic rings. The van der Waals surface area contributed by atoms with Crippen molar-refractivity contribution in [1.29, 1.82) is 5.26 Å². The van der Waals surface area contributed by atoms with Gasteiger partial charge in [-0.2, -0.15) is 5.26 Å². The van der Waals surface area contributed by atoms with Crippen LogP contribution in [0.15, 0.2) is 24.3 Å². The second-order valence-corrected chi connectivity index (χ2v) is 6.33. The highest BCUT2D eigenvalue weighted by Crippen LogP contribution is 2.26. The largest absolute Gasteiger partial charge is 0.452 e. The summed E-state index contributed by atoms with van der Waals surface area (Å²) in [6.07, 6.45) is 2.61. The molecule has 1 amide bonds. The van der Waals surface area contributed by atoms with Crippen molar-refractivity contribution in [3.63, 3.8) is 0 Å². The normalized spacial score (nSPS) is 10.4. The number of hydrogen-bond donors (Lipinski definition) is 0. The van der Waals surface area contributed by atoms with Crippen LogP contribution in [0.4, 0.5) is 0 Å². The molecule has 142 valence electrons. The first-order chi connectivity index (χ1) is 13.0. The molecule has 2 rings (SSSR count). The monoisotopic (exact) mass is 367 g/mol. The molecule has 0 aliphatic carbocycles. The topological polar surface area (TPSA) is 83.3 Å². The van der Waals surface area contributed by atoms with Crippen LogP contribution in [0.2, 0.25) is 0 Å². The lowest BCUT2D eigenvalue weighted by Crippen LogP contribution is -2.32. The number of benzene rings is 1. The quantitative estimate of drug-likeness (QED) is 0.669. The number of hydrogen-bond acceptors (Lipinski definition) is 5. The Kier molecular flexibility index (Phi) is 7.30. The van der Waals surface area contributed by atoms with Gasteiger partial charge in [-0.15, -0.1) is 0 Å². The summed E-state index contributed by atoms with van der Waals surface area (Å²) >= 11 is 0. The SMILES string of the molecule is CCCc1nc2ccccc2c(C(=O)OCC(=O)N(C)CCC#N)c1CC. The minimum absolute atomic E-state index is 0.242. The van der Waals surface area contributed by atoms with E-state index in [0.29, 0.717) is 18.5 Å². The van der Waals surface area contributed by atoms with Gasteiger partial charge in [0.15, 0.2) is 6.61 Å². The summed E-state index contributed by atoms with van der Waals surface area (Å²) in [6, 6.07) is 9.48. The summed E-state index contributed by atoms with van der Waals surface area (Å²) in [7, 11) is 1.59. The van der Waals surface area contributed by atoms with Crippen molar-refractivity contribution in [3.05, 3.63) is 41.1 Å². The van der Waals surface area contributed by atoms with E-state index in [1.165, 1.54) is 4.90 Å². The van der Waals surface area contributed by atoms with Gasteiger partial charge < -0.3 is 9.64 Å². The summed E-state index contributed by atoms with van der Waals surface area (Å²) < 4.78 is 5.33. The van der Waals surface area contributed by atoms with E-state index in [4.69, 9.17) is 15.0 Å². The lowest BCUT2D eigenvalue weighted by atomic mass is 9.96. The number of rotatable bonds is 8.